The van der Waals surface area contributed by atoms with Gasteiger partial charge in [-0.25, -0.2) is 9.97 Å². The average Bonchev–Trinajstić information content (AvgIpc) is 2.41. The van der Waals surface area contributed by atoms with Crippen LogP contribution in [-0.4, -0.2) is 21.9 Å². The molecule has 0 saturated heterocycles. The molecule has 0 fully saturated rings. The SMILES string of the molecule is Cc1nc(C(C)(C)C)nc2c1C(C)N(C)C2. The maximum absolute atomic E-state index is 4.73. The number of nitrogens with zero attached hydrogens (tertiary/aromatic N) is 3. The Kier molecular flexibility index (Phi) is 2.54. The van der Waals surface area contributed by atoms with E-state index in [4.69, 9.17) is 4.98 Å². The molecule has 0 aliphatic carbocycles. The fourth-order valence-electron chi connectivity index (χ4n) is 2.23. The summed E-state index contributed by atoms with van der Waals surface area (Å²) < 4.78 is 0. The van der Waals surface area contributed by atoms with Crippen LogP contribution in [-0.2, 0) is 12.0 Å². The van der Waals surface area contributed by atoms with Crippen molar-refractivity contribution in [2.24, 2.45) is 0 Å². The zero-order valence-corrected chi connectivity index (χ0v) is 11.1. The third kappa shape index (κ3) is 1.73. The maximum Gasteiger partial charge on any atom is 0.134 e. The van der Waals surface area contributed by atoms with Gasteiger partial charge in [-0.1, -0.05) is 20.8 Å². The molecule has 16 heavy (non-hydrogen) atoms. The van der Waals surface area contributed by atoms with Gasteiger partial charge in [0.1, 0.15) is 5.82 Å². The lowest BCUT2D eigenvalue weighted by molar-refractivity contribution is 0.284. The first-order chi connectivity index (χ1) is 7.30. The van der Waals surface area contributed by atoms with E-state index in [0.717, 1.165) is 18.1 Å². The molecule has 1 aromatic rings. The molecule has 0 aromatic carbocycles. The van der Waals surface area contributed by atoms with Gasteiger partial charge in [0, 0.05) is 29.3 Å². The third-order valence-electron chi connectivity index (χ3n) is 3.36. The largest absolute Gasteiger partial charge is 0.294 e. The average molecular weight is 219 g/mol. The molecule has 88 valence electrons. The maximum atomic E-state index is 4.73. The predicted molar refractivity (Wildman–Crippen MR) is 65.4 cm³/mol. The molecule has 1 aromatic heterocycles. The molecule has 1 aliphatic heterocycles. The predicted octanol–water partition coefficient (Wildman–Crippen LogP) is 2.59. The molecule has 0 amide bonds. The summed E-state index contributed by atoms with van der Waals surface area (Å²) in [5.41, 5.74) is 3.72. The molecule has 0 N–H and O–H groups in total. The quantitative estimate of drug-likeness (QED) is 0.671. The van der Waals surface area contributed by atoms with Crippen molar-refractivity contribution in [1.29, 1.82) is 0 Å². The van der Waals surface area contributed by atoms with E-state index in [1.165, 1.54) is 11.3 Å². The Morgan fingerprint density at radius 1 is 1.25 bits per heavy atom. The standard InChI is InChI=1S/C13H21N3/c1-8-11-9(2)16(6)7-10(11)15-12(14-8)13(3,4)5/h9H,7H2,1-6H3. The summed E-state index contributed by atoms with van der Waals surface area (Å²) in [4.78, 5) is 11.7. The van der Waals surface area contributed by atoms with Gasteiger partial charge in [-0.15, -0.1) is 0 Å². The van der Waals surface area contributed by atoms with E-state index in [0.29, 0.717) is 6.04 Å². The van der Waals surface area contributed by atoms with Crippen LogP contribution in [0.1, 0.15) is 56.5 Å². The van der Waals surface area contributed by atoms with Gasteiger partial charge >= 0.3 is 0 Å². The van der Waals surface area contributed by atoms with Gasteiger partial charge in [0.25, 0.3) is 0 Å². The van der Waals surface area contributed by atoms with E-state index in [1.807, 2.05) is 0 Å². The van der Waals surface area contributed by atoms with E-state index >= 15 is 0 Å². The molecule has 3 nitrogen and oxygen atoms in total. The van der Waals surface area contributed by atoms with Crippen LogP contribution in [0, 0.1) is 6.92 Å². The van der Waals surface area contributed by atoms with E-state index in [9.17, 15) is 0 Å². The summed E-state index contributed by atoms with van der Waals surface area (Å²) in [6.07, 6.45) is 0. The number of hydrogen-bond donors (Lipinski definition) is 0. The lowest BCUT2D eigenvalue weighted by atomic mass is 9.95. The molecular formula is C13H21N3. The summed E-state index contributed by atoms with van der Waals surface area (Å²) >= 11 is 0. The normalized spacial score (nSPS) is 21.2. The molecule has 0 saturated carbocycles. The van der Waals surface area contributed by atoms with Crippen molar-refractivity contribution in [2.45, 2.75) is 52.6 Å². The zero-order chi connectivity index (χ0) is 12.1. The minimum atomic E-state index is 0.0319. The smallest absolute Gasteiger partial charge is 0.134 e. The number of fused-ring (bicyclic) bond motifs is 1. The van der Waals surface area contributed by atoms with Gasteiger partial charge < -0.3 is 0 Å². The van der Waals surface area contributed by atoms with E-state index in [1.54, 1.807) is 0 Å². The van der Waals surface area contributed by atoms with Gasteiger partial charge in [0.2, 0.25) is 0 Å². The summed E-state index contributed by atoms with van der Waals surface area (Å²) in [5.74, 6) is 0.964. The van der Waals surface area contributed by atoms with Gasteiger partial charge in [0.15, 0.2) is 0 Å². The Morgan fingerprint density at radius 2 is 1.88 bits per heavy atom. The molecular weight excluding hydrogens is 198 g/mol. The van der Waals surface area contributed by atoms with Crippen LogP contribution >= 0.6 is 0 Å². The van der Waals surface area contributed by atoms with E-state index < -0.39 is 0 Å². The monoisotopic (exact) mass is 219 g/mol. The highest BCUT2D eigenvalue weighted by Crippen LogP contribution is 2.33. The fraction of sp³-hybridized carbons (Fsp3) is 0.692. The van der Waals surface area contributed by atoms with Crippen LogP contribution in [0.5, 0.6) is 0 Å². The van der Waals surface area contributed by atoms with Gasteiger partial charge in [-0.2, -0.15) is 0 Å². The molecule has 2 heterocycles. The molecule has 1 unspecified atom stereocenters. The first-order valence-corrected chi connectivity index (χ1v) is 5.89. The van der Waals surface area contributed by atoms with Gasteiger partial charge in [-0.05, 0) is 20.9 Å². The molecule has 2 rings (SSSR count). The topological polar surface area (TPSA) is 29.0 Å². The van der Waals surface area contributed by atoms with Crippen LogP contribution in [0.3, 0.4) is 0 Å². The fourth-order valence-corrected chi connectivity index (χ4v) is 2.23. The zero-order valence-electron chi connectivity index (χ0n) is 11.1. The van der Waals surface area contributed by atoms with Crippen molar-refractivity contribution in [1.82, 2.24) is 14.9 Å². The second-order valence-electron chi connectivity index (χ2n) is 5.83. The molecule has 0 radical (unpaired) electrons. The van der Waals surface area contributed by atoms with Crippen molar-refractivity contribution in [3.05, 3.63) is 22.8 Å². The Balaban J connectivity index is 2.54. The van der Waals surface area contributed by atoms with Crippen LogP contribution in [0.2, 0.25) is 0 Å². The van der Waals surface area contributed by atoms with Crippen LogP contribution < -0.4 is 0 Å². The highest BCUT2D eigenvalue weighted by Gasteiger charge is 2.29. The lowest BCUT2D eigenvalue weighted by Crippen LogP contribution is -2.18. The first kappa shape index (κ1) is 11.5. The summed E-state index contributed by atoms with van der Waals surface area (Å²) in [6.45, 7) is 11.8. The summed E-state index contributed by atoms with van der Waals surface area (Å²) in [5, 5.41) is 0. The Hall–Kier alpha value is -0.960. The van der Waals surface area contributed by atoms with Crippen molar-refractivity contribution in [3.8, 4) is 0 Å². The molecule has 1 aliphatic rings. The number of rotatable bonds is 0. The number of aryl methyl sites for hydroxylation is 1. The Labute approximate surface area is 97.9 Å². The first-order valence-electron chi connectivity index (χ1n) is 5.89. The van der Waals surface area contributed by atoms with Crippen LogP contribution in [0.4, 0.5) is 0 Å². The Bertz CT molecular complexity index is 418. The minimum absolute atomic E-state index is 0.0319. The molecule has 1 atom stereocenters. The second kappa shape index (κ2) is 3.52. The second-order valence-corrected chi connectivity index (χ2v) is 5.83. The summed E-state index contributed by atoms with van der Waals surface area (Å²) in [6, 6.07) is 0.448. The van der Waals surface area contributed by atoms with Crippen LogP contribution in [0.25, 0.3) is 0 Å². The minimum Gasteiger partial charge on any atom is -0.294 e. The number of aromatic nitrogens is 2. The highest BCUT2D eigenvalue weighted by molar-refractivity contribution is 5.33. The molecule has 3 heteroatoms. The van der Waals surface area contributed by atoms with Crippen molar-refractivity contribution in [2.75, 3.05) is 7.05 Å². The van der Waals surface area contributed by atoms with Crippen molar-refractivity contribution in [3.63, 3.8) is 0 Å². The van der Waals surface area contributed by atoms with Crippen molar-refractivity contribution < 1.29 is 0 Å². The van der Waals surface area contributed by atoms with E-state index in [2.05, 4.69) is 51.6 Å². The Morgan fingerprint density at radius 3 is 2.44 bits per heavy atom. The molecule has 0 spiro atoms. The highest BCUT2D eigenvalue weighted by atomic mass is 15.2. The van der Waals surface area contributed by atoms with Gasteiger partial charge in [-0.3, -0.25) is 4.90 Å². The van der Waals surface area contributed by atoms with Crippen LogP contribution in [0.15, 0.2) is 0 Å². The van der Waals surface area contributed by atoms with E-state index in [-0.39, 0.29) is 5.41 Å². The lowest BCUT2D eigenvalue weighted by Gasteiger charge is -2.19. The van der Waals surface area contributed by atoms with Crippen molar-refractivity contribution >= 4 is 0 Å². The van der Waals surface area contributed by atoms with Gasteiger partial charge in [0.05, 0.1) is 5.69 Å². The molecule has 0 bridgehead atoms. The summed E-state index contributed by atoms with van der Waals surface area (Å²) in [7, 11) is 2.14. The number of hydrogen-bond acceptors (Lipinski definition) is 3. The third-order valence-corrected chi connectivity index (χ3v) is 3.36.